The van der Waals surface area contributed by atoms with Crippen LogP contribution in [0.15, 0.2) is 36.0 Å². The number of carbonyl (C=O) groups is 3. The molecule has 0 saturated carbocycles. The molecule has 6 heteroatoms. The van der Waals surface area contributed by atoms with Crippen LogP contribution in [0, 0.1) is 0 Å². The van der Waals surface area contributed by atoms with Gasteiger partial charge >= 0.3 is 6.16 Å². The highest BCUT2D eigenvalue weighted by molar-refractivity contribution is 6.01. The van der Waals surface area contributed by atoms with Crippen molar-refractivity contribution in [3.63, 3.8) is 0 Å². The molecule has 1 rings (SSSR count). The second-order valence-corrected chi connectivity index (χ2v) is 4.52. The van der Waals surface area contributed by atoms with E-state index in [1.165, 1.54) is 0 Å². The first-order valence-electron chi connectivity index (χ1n) is 6.67. The predicted octanol–water partition coefficient (Wildman–Crippen LogP) is 2.67. The van der Waals surface area contributed by atoms with Gasteiger partial charge in [-0.3, -0.25) is 14.4 Å². The van der Waals surface area contributed by atoms with Crippen LogP contribution in [0.5, 0.6) is 0 Å². The standard InChI is InChI=1S/C15H19NO5/c1-4-12(5-2)7-6-11(3)10-20-15(19)21-16-13(17)8-9-14(16)18/h4,6-7H,1,5,8-10H2,2-3H3/b11-6+,12-7+. The first-order chi connectivity index (χ1) is 9.97. The topological polar surface area (TPSA) is 72.9 Å². The van der Waals surface area contributed by atoms with E-state index < -0.39 is 18.0 Å². The Bertz CT molecular complexity index is 488. The molecule has 0 aromatic carbocycles. The maximum absolute atomic E-state index is 11.4. The molecule has 0 aliphatic carbocycles. The number of ether oxygens (including phenoxy) is 1. The molecule has 2 amide bonds. The third kappa shape index (κ3) is 5.25. The minimum Gasteiger partial charge on any atom is -0.428 e. The lowest BCUT2D eigenvalue weighted by Crippen LogP contribution is -2.32. The third-order valence-corrected chi connectivity index (χ3v) is 2.84. The summed E-state index contributed by atoms with van der Waals surface area (Å²) in [6, 6.07) is 0. The van der Waals surface area contributed by atoms with Crippen LogP contribution < -0.4 is 0 Å². The van der Waals surface area contributed by atoms with Gasteiger partial charge < -0.3 is 4.74 Å². The lowest BCUT2D eigenvalue weighted by atomic mass is 10.1. The van der Waals surface area contributed by atoms with E-state index in [4.69, 9.17) is 4.74 Å². The van der Waals surface area contributed by atoms with Crippen molar-refractivity contribution in [2.75, 3.05) is 6.61 Å². The van der Waals surface area contributed by atoms with Gasteiger partial charge in [-0.25, -0.2) is 4.79 Å². The van der Waals surface area contributed by atoms with Gasteiger partial charge in [0.2, 0.25) is 0 Å². The first-order valence-corrected chi connectivity index (χ1v) is 6.67. The largest absolute Gasteiger partial charge is 0.534 e. The second-order valence-electron chi connectivity index (χ2n) is 4.52. The molecule has 0 N–H and O–H groups in total. The van der Waals surface area contributed by atoms with Crippen LogP contribution in [0.3, 0.4) is 0 Å². The van der Waals surface area contributed by atoms with Gasteiger partial charge in [-0.1, -0.05) is 36.8 Å². The highest BCUT2D eigenvalue weighted by Crippen LogP contribution is 2.12. The molecule has 0 bridgehead atoms. The summed E-state index contributed by atoms with van der Waals surface area (Å²) in [5.41, 5.74) is 1.85. The van der Waals surface area contributed by atoms with E-state index in [2.05, 4.69) is 11.4 Å². The molecule has 0 spiro atoms. The minimum absolute atomic E-state index is 0.0136. The normalized spacial score (nSPS) is 16.2. The highest BCUT2D eigenvalue weighted by Gasteiger charge is 2.33. The molecule has 6 nitrogen and oxygen atoms in total. The van der Waals surface area contributed by atoms with Crippen LogP contribution in [0.4, 0.5) is 4.79 Å². The summed E-state index contributed by atoms with van der Waals surface area (Å²) in [6.07, 6.45) is 5.33. The molecular formula is C15H19NO5. The van der Waals surface area contributed by atoms with Crippen molar-refractivity contribution in [2.45, 2.75) is 33.1 Å². The molecule has 0 aromatic rings. The Kier molecular flexibility index (Phi) is 6.39. The van der Waals surface area contributed by atoms with E-state index in [9.17, 15) is 14.4 Å². The van der Waals surface area contributed by atoms with Crippen molar-refractivity contribution in [3.05, 3.63) is 36.0 Å². The van der Waals surface area contributed by atoms with Gasteiger partial charge in [0.15, 0.2) is 0 Å². The Balaban J connectivity index is 2.44. The van der Waals surface area contributed by atoms with Crippen molar-refractivity contribution >= 4 is 18.0 Å². The smallest absolute Gasteiger partial charge is 0.428 e. The molecule has 1 fully saturated rings. The summed E-state index contributed by atoms with van der Waals surface area (Å²) in [5, 5.41) is 0.453. The summed E-state index contributed by atoms with van der Waals surface area (Å²) in [6.45, 7) is 7.49. The zero-order valence-electron chi connectivity index (χ0n) is 12.3. The van der Waals surface area contributed by atoms with Gasteiger partial charge in [-0.05, 0) is 24.5 Å². The van der Waals surface area contributed by atoms with Gasteiger partial charge in [0.1, 0.15) is 6.61 Å². The quantitative estimate of drug-likeness (QED) is 0.427. The number of nitrogens with zero attached hydrogens (tertiary/aromatic N) is 1. The van der Waals surface area contributed by atoms with Crippen LogP contribution in [0.2, 0.25) is 0 Å². The molecule has 1 aliphatic rings. The van der Waals surface area contributed by atoms with Crippen molar-refractivity contribution in [1.82, 2.24) is 5.06 Å². The van der Waals surface area contributed by atoms with Crippen LogP contribution in [-0.4, -0.2) is 29.6 Å². The molecule has 0 aromatic heterocycles. The van der Waals surface area contributed by atoms with Gasteiger partial charge in [0.25, 0.3) is 11.8 Å². The van der Waals surface area contributed by atoms with E-state index in [1.54, 1.807) is 19.1 Å². The molecule has 21 heavy (non-hydrogen) atoms. The fourth-order valence-electron chi connectivity index (χ4n) is 1.56. The van der Waals surface area contributed by atoms with Crippen LogP contribution >= 0.6 is 0 Å². The zero-order valence-corrected chi connectivity index (χ0v) is 12.3. The van der Waals surface area contributed by atoms with Gasteiger partial charge in [-0.15, -0.1) is 0 Å². The summed E-state index contributed by atoms with van der Waals surface area (Å²) in [4.78, 5) is 38.5. The third-order valence-electron chi connectivity index (χ3n) is 2.84. The SMILES string of the molecule is C=C/C(=C\C=C(/C)COC(=O)ON1C(=O)CCC1=O)CC. The number of rotatable bonds is 6. The summed E-state index contributed by atoms with van der Waals surface area (Å²) in [7, 11) is 0. The van der Waals surface area contributed by atoms with E-state index >= 15 is 0 Å². The Morgan fingerprint density at radius 1 is 1.29 bits per heavy atom. The fourth-order valence-corrected chi connectivity index (χ4v) is 1.56. The molecule has 1 heterocycles. The number of hydroxylamine groups is 2. The zero-order chi connectivity index (χ0) is 15.8. The van der Waals surface area contributed by atoms with Gasteiger partial charge in [0, 0.05) is 12.8 Å². The number of carbonyl (C=O) groups excluding carboxylic acids is 3. The maximum atomic E-state index is 11.4. The molecule has 1 saturated heterocycles. The number of imide groups is 1. The molecule has 0 unspecified atom stereocenters. The van der Waals surface area contributed by atoms with Gasteiger partial charge in [0.05, 0.1) is 0 Å². The first kappa shape index (κ1) is 16.7. The molecule has 0 atom stereocenters. The lowest BCUT2D eigenvalue weighted by molar-refractivity contribution is -0.176. The Hall–Kier alpha value is -2.37. The maximum Gasteiger partial charge on any atom is 0.534 e. The van der Waals surface area contributed by atoms with Crippen molar-refractivity contribution in [2.24, 2.45) is 0 Å². The summed E-state index contributed by atoms with van der Waals surface area (Å²) < 4.78 is 4.83. The van der Waals surface area contributed by atoms with Crippen LogP contribution in [-0.2, 0) is 19.2 Å². The Labute approximate surface area is 123 Å². The van der Waals surface area contributed by atoms with Crippen LogP contribution in [0.25, 0.3) is 0 Å². The predicted molar refractivity (Wildman–Crippen MR) is 75.8 cm³/mol. The number of hydrogen-bond donors (Lipinski definition) is 0. The van der Waals surface area contributed by atoms with Crippen LogP contribution in [0.1, 0.15) is 33.1 Å². The molecule has 114 valence electrons. The van der Waals surface area contributed by atoms with E-state index in [1.807, 2.05) is 13.0 Å². The Morgan fingerprint density at radius 2 is 1.90 bits per heavy atom. The average Bonchev–Trinajstić information content (AvgIpc) is 2.78. The number of amides is 2. The van der Waals surface area contributed by atoms with E-state index in [0.717, 1.165) is 17.6 Å². The van der Waals surface area contributed by atoms with Crippen molar-refractivity contribution < 1.29 is 24.0 Å². The van der Waals surface area contributed by atoms with Crippen molar-refractivity contribution in [3.8, 4) is 0 Å². The number of allylic oxidation sites excluding steroid dienone is 4. The number of hydrogen-bond acceptors (Lipinski definition) is 5. The lowest BCUT2D eigenvalue weighted by Gasteiger charge is -2.12. The molecule has 1 aliphatic heterocycles. The highest BCUT2D eigenvalue weighted by atomic mass is 16.8. The fraction of sp³-hybridized carbons (Fsp3) is 0.400. The molecule has 0 radical (unpaired) electrons. The monoisotopic (exact) mass is 293 g/mol. The summed E-state index contributed by atoms with van der Waals surface area (Å²) in [5.74, 6) is -1.07. The van der Waals surface area contributed by atoms with Gasteiger partial charge in [-0.2, -0.15) is 0 Å². The van der Waals surface area contributed by atoms with Crippen molar-refractivity contribution in [1.29, 1.82) is 0 Å². The second kappa shape index (κ2) is 8.04. The van der Waals surface area contributed by atoms with E-state index in [0.29, 0.717) is 5.06 Å². The summed E-state index contributed by atoms with van der Waals surface area (Å²) >= 11 is 0. The molecular weight excluding hydrogens is 274 g/mol. The van der Waals surface area contributed by atoms with E-state index in [-0.39, 0.29) is 19.4 Å². The minimum atomic E-state index is -1.07. The Morgan fingerprint density at radius 3 is 2.43 bits per heavy atom. The average molecular weight is 293 g/mol.